The summed E-state index contributed by atoms with van der Waals surface area (Å²) in [6, 6.07) is 18.1. The number of halogens is 2. The summed E-state index contributed by atoms with van der Waals surface area (Å²) in [5.41, 5.74) is 6.20. The third kappa shape index (κ3) is 3.18. The molecule has 2 aliphatic rings. The van der Waals surface area contributed by atoms with Gasteiger partial charge >= 0.3 is 142 Å². The molecule has 0 N–H and O–H groups in total. The topological polar surface area (TPSA) is 0 Å². The van der Waals surface area contributed by atoms with Crippen molar-refractivity contribution < 1.29 is 30.0 Å². The van der Waals surface area contributed by atoms with Gasteiger partial charge in [0.15, 0.2) is 0 Å². The van der Waals surface area contributed by atoms with Gasteiger partial charge in [-0.15, -0.1) is 0 Å². The Bertz CT molecular complexity index is 708. The van der Waals surface area contributed by atoms with Gasteiger partial charge in [-0.05, 0) is 0 Å². The van der Waals surface area contributed by atoms with Gasteiger partial charge in [-0.1, -0.05) is 0 Å². The maximum absolute atomic E-state index is 2.60. The average Bonchev–Trinajstić information content (AvgIpc) is 3.13. The van der Waals surface area contributed by atoms with Crippen LogP contribution in [-0.4, -0.2) is 5.98 Å². The summed E-state index contributed by atoms with van der Waals surface area (Å²) in [6.07, 6.45) is 9.86. The average molecular weight is 506 g/mol. The Morgan fingerprint density at radius 2 is 1.12 bits per heavy atom. The molecule has 2 aromatic carbocycles. The van der Waals surface area contributed by atoms with Crippen molar-refractivity contribution in [1.29, 1.82) is 0 Å². The molecule has 2 atom stereocenters. The van der Waals surface area contributed by atoms with E-state index in [2.05, 4.69) is 85.9 Å². The largest absolute Gasteiger partial charge is 1.00 e. The summed E-state index contributed by atoms with van der Waals surface area (Å²) in [4.78, 5) is 0. The van der Waals surface area contributed by atoms with E-state index in [9.17, 15) is 0 Å². The first-order valence-electron chi connectivity index (χ1n) is 8.16. The van der Waals surface area contributed by atoms with Crippen LogP contribution in [0.2, 0.25) is 13.1 Å². The quantitative estimate of drug-likeness (QED) is 0.476. The van der Waals surface area contributed by atoms with Gasteiger partial charge in [0.05, 0.1) is 0 Å². The summed E-state index contributed by atoms with van der Waals surface area (Å²) in [5.74, 6) is -0.599. The number of hydrogen-bond donors (Lipinski definition) is 0. The molecule has 0 nitrogen and oxygen atoms in total. The van der Waals surface area contributed by atoms with Crippen LogP contribution in [0.5, 0.6) is 0 Å². The summed E-state index contributed by atoms with van der Waals surface area (Å²) in [5, 5.41) is 0. The number of rotatable bonds is 3. The van der Waals surface area contributed by atoms with Crippen LogP contribution in [0.1, 0.15) is 29.6 Å². The minimum atomic E-state index is -1.81. The standard InChI is InChI=1S/2C9H7.C2H7Si.2FH.Hf/c2*1-2-5-9-7-3-6-8(9)4-1;1-3-2;;;/h2*1-7H;3H,1-2H3;2*1H;/q;;;;;+2/p-2. The molecule has 123 valence electrons. The van der Waals surface area contributed by atoms with E-state index in [4.69, 9.17) is 0 Å². The Morgan fingerprint density at radius 1 is 0.708 bits per heavy atom. The van der Waals surface area contributed by atoms with Crippen LogP contribution in [0, 0.1) is 0 Å². The number of fused-ring (bicyclic) bond motifs is 2. The normalized spacial score (nSPS) is 19.5. The van der Waals surface area contributed by atoms with Crippen LogP contribution in [0.4, 0.5) is 0 Å². The Labute approximate surface area is 151 Å². The SMILES string of the molecule is C[SiH](C)[Hf+2]([CH]1C=Cc2ccccc21)[CH]1C=Cc2ccccc21.[F-].[F-]. The Morgan fingerprint density at radius 3 is 1.54 bits per heavy atom. The van der Waals surface area contributed by atoms with Gasteiger partial charge in [0.2, 0.25) is 0 Å². The molecule has 0 heterocycles. The van der Waals surface area contributed by atoms with Crippen molar-refractivity contribution in [2.45, 2.75) is 20.4 Å². The second-order valence-corrected chi connectivity index (χ2v) is 34.9. The third-order valence-corrected chi connectivity index (χ3v) is 35.3. The molecule has 0 aromatic heterocycles. The Balaban J connectivity index is 0.00000104. The van der Waals surface area contributed by atoms with E-state index < -0.39 is 26.6 Å². The fourth-order valence-electron chi connectivity index (χ4n) is 3.99. The van der Waals surface area contributed by atoms with E-state index in [0.717, 1.165) is 7.35 Å². The maximum Gasteiger partial charge on any atom is -1.00 e. The van der Waals surface area contributed by atoms with Gasteiger partial charge in [-0.2, -0.15) is 0 Å². The van der Waals surface area contributed by atoms with E-state index in [-0.39, 0.29) is 9.41 Å². The van der Waals surface area contributed by atoms with Gasteiger partial charge in [-0.3, -0.25) is 0 Å². The third-order valence-electron chi connectivity index (χ3n) is 4.98. The molecule has 0 fully saturated rings. The number of hydrogen-bond acceptors (Lipinski definition) is 0. The predicted octanol–water partition coefficient (Wildman–Crippen LogP) is -0.868. The maximum atomic E-state index is 2.60. The first-order valence-corrected chi connectivity index (χ1v) is 21.4. The van der Waals surface area contributed by atoms with Crippen molar-refractivity contribution in [3.8, 4) is 0 Å². The van der Waals surface area contributed by atoms with Gasteiger partial charge in [0, 0.05) is 0 Å². The van der Waals surface area contributed by atoms with Crippen LogP contribution in [0.15, 0.2) is 60.7 Å². The second kappa shape index (κ2) is 7.83. The van der Waals surface area contributed by atoms with E-state index in [1.807, 2.05) is 0 Å². The van der Waals surface area contributed by atoms with Gasteiger partial charge in [-0.25, -0.2) is 0 Å². The fourth-order valence-corrected chi connectivity index (χ4v) is 33.8. The van der Waals surface area contributed by atoms with Crippen molar-refractivity contribution in [3.05, 3.63) is 82.9 Å². The Kier molecular flexibility index (Phi) is 6.26. The number of allylic oxidation sites excluding steroid dienone is 2. The van der Waals surface area contributed by atoms with Crippen LogP contribution < -0.4 is 9.41 Å². The molecular weight excluding hydrogens is 485 g/mol. The monoisotopic (exact) mass is 507 g/mol. The zero-order valence-electron chi connectivity index (χ0n) is 13.9. The van der Waals surface area contributed by atoms with Crippen molar-refractivity contribution in [1.82, 2.24) is 0 Å². The molecule has 4 rings (SSSR count). The molecule has 0 radical (unpaired) electrons. The molecule has 0 bridgehead atoms. The van der Waals surface area contributed by atoms with Crippen LogP contribution in [-0.2, 0) is 20.6 Å². The molecule has 0 saturated carbocycles. The van der Waals surface area contributed by atoms with Crippen molar-refractivity contribution in [2.75, 3.05) is 0 Å². The minimum absolute atomic E-state index is 0. The van der Waals surface area contributed by atoms with E-state index in [0.29, 0.717) is 0 Å². The minimum Gasteiger partial charge on any atom is -1.00 e. The molecule has 4 heteroatoms. The van der Waals surface area contributed by atoms with Crippen molar-refractivity contribution >= 4 is 18.1 Å². The first-order chi connectivity index (χ1) is 10.8. The fraction of sp³-hybridized carbons (Fsp3) is 0.200. The summed E-state index contributed by atoms with van der Waals surface area (Å²) >= 11 is -1.81. The smallest absolute Gasteiger partial charge is 1.00 e. The van der Waals surface area contributed by atoms with Gasteiger partial charge < -0.3 is 9.41 Å². The van der Waals surface area contributed by atoms with E-state index >= 15 is 0 Å². The molecule has 2 unspecified atom stereocenters. The van der Waals surface area contributed by atoms with Crippen LogP contribution >= 0.6 is 0 Å². The first kappa shape index (κ1) is 19.2. The zero-order chi connectivity index (χ0) is 15.1. The molecule has 0 aliphatic heterocycles. The van der Waals surface area contributed by atoms with Gasteiger partial charge in [0.25, 0.3) is 0 Å². The molecule has 0 amide bonds. The zero-order valence-corrected chi connectivity index (χ0v) is 18.7. The van der Waals surface area contributed by atoms with E-state index in [1.54, 1.807) is 11.1 Å². The Hall–Kier alpha value is -1.13. The molecule has 2 aromatic rings. The second-order valence-electron chi connectivity index (χ2n) is 6.59. The summed E-state index contributed by atoms with van der Waals surface area (Å²) < 4.78 is 1.60. The van der Waals surface area contributed by atoms with Crippen molar-refractivity contribution in [3.63, 3.8) is 0 Å². The summed E-state index contributed by atoms with van der Waals surface area (Å²) in [6.45, 7) is 5.21. The number of benzene rings is 2. The van der Waals surface area contributed by atoms with Crippen molar-refractivity contribution in [2.24, 2.45) is 0 Å². The molecular formula is C20H21F2HfSi. The molecule has 24 heavy (non-hydrogen) atoms. The van der Waals surface area contributed by atoms with Gasteiger partial charge in [0.1, 0.15) is 0 Å². The molecule has 0 saturated heterocycles. The predicted molar refractivity (Wildman–Crippen MR) is 95.3 cm³/mol. The van der Waals surface area contributed by atoms with Crippen LogP contribution in [0.25, 0.3) is 12.2 Å². The van der Waals surface area contributed by atoms with E-state index in [1.165, 1.54) is 11.1 Å². The summed E-state index contributed by atoms with van der Waals surface area (Å²) in [7, 11) is 0. The van der Waals surface area contributed by atoms with Crippen LogP contribution in [0.3, 0.4) is 0 Å². The molecule has 2 aliphatic carbocycles. The molecule has 0 spiro atoms.